The van der Waals surface area contributed by atoms with E-state index < -0.39 is 11.6 Å². The fraction of sp³-hybridized carbons (Fsp3) is 0.150. The first kappa shape index (κ1) is 16.8. The summed E-state index contributed by atoms with van der Waals surface area (Å²) in [5, 5.41) is 0.675. The SMILES string of the molecule is COc1ccc2c(COC(=O)c3cn4ccc(C)cc4n3)cc(=O)oc2c1. The number of hydrogen-bond donors (Lipinski definition) is 0. The number of carbonyl (C=O) groups excluding carboxylic acids is 1. The summed E-state index contributed by atoms with van der Waals surface area (Å²) in [6.07, 6.45) is 3.44. The second-order valence-corrected chi connectivity index (χ2v) is 6.12. The molecule has 136 valence electrons. The molecule has 3 heterocycles. The predicted octanol–water partition coefficient (Wildman–Crippen LogP) is 3.11. The summed E-state index contributed by atoms with van der Waals surface area (Å²) in [7, 11) is 1.53. The molecule has 0 bridgehead atoms. The monoisotopic (exact) mass is 364 g/mol. The van der Waals surface area contributed by atoms with Crippen LogP contribution in [0.1, 0.15) is 21.6 Å². The summed E-state index contributed by atoms with van der Waals surface area (Å²) >= 11 is 0. The highest BCUT2D eigenvalue weighted by atomic mass is 16.5. The molecule has 0 radical (unpaired) electrons. The molecule has 7 heteroatoms. The van der Waals surface area contributed by atoms with Crippen molar-refractivity contribution in [3.05, 3.63) is 76.0 Å². The Kier molecular flexibility index (Phi) is 4.12. The third-order valence-electron chi connectivity index (χ3n) is 4.22. The zero-order chi connectivity index (χ0) is 19.0. The number of rotatable bonds is 4. The van der Waals surface area contributed by atoms with Crippen molar-refractivity contribution in [2.75, 3.05) is 7.11 Å². The number of imidazole rings is 1. The molecule has 4 aromatic rings. The quantitative estimate of drug-likeness (QED) is 0.409. The highest BCUT2D eigenvalue weighted by molar-refractivity contribution is 5.88. The zero-order valence-electron chi connectivity index (χ0n) is 14.8. The van der Waals surface area contributed by atoms with E-state index in [1.807, 2.05) is 25.3 Å². The van der Waals surface area contributed by atoms with E-state index in [1.165, 1.54) is 13.2 Å². The normalized spacial score (nSPS) is 11.0. The van der Waals surface area contributed by atoms with Gasteiger partial charge in [0.05, 0.1) is 7.11 Å². The number of hydrogen-bond acceptors (Lipinski definition) is 6. The molecule has 0 unspecified atom stereocenters. The van der Waals surface area contributed by atoms with Crippen LogP contribution in [0.2, 0.25) is 0 Å². The minimum Gasteiger partial charge on any atom is -0.497 e. The Labute approximate surface area is 153 Å². The fourth-order valence-electron chi connectivity index (χ4n) is 2.86. The number of pyridine rings is 1. The molecule has 4 rings (SSSR count). The Balaban J connectivity index is 1.60. The van der Waals surface area contributed by atoms with Crippen LogP contribution in [-0.2, 0) is 11.3 Å². The van der Waals surface area contributed by atoms with Crippen molar-refractivity contribution >= 4 is 22.6 Å². The smallest absolute Gasteiger partial charge is 0.358 e. The lowest BCUT2D eigenvalue weighted by Gasteiger charge is -2.07. The molecule has 0 saturated heterocycles. The van der Waals surface area contributed by atoms with Gasteiger partial charge >= 0.3 is 11.6 Å². The molecule has 0 aliphatic carbocycles. The average molecular weight is 364 g/mol. The summed E-state index contributed by atoms with van der Waals surface area (Å²) < 4.78 is 17.5. The molecule has 3 aromatic heterocycles. The van der Waals surface area contributed by atoms with Crippen molar-refractivity contribution in [1.82, 2.24) is 9.38 Å². The summed E-state index contributed by atoms with van der Waals surface area (Å²) in [6.45, 7) is 1.88. The number of methoxy groups -OCH3 is 1. The maximum atomic E-state index is 12.4. The second-order valence-electron chi connectivity index (χ2n) is 6.12. The van der Waals surface area contributed by atoms with Crippen LogP contribution >= 0.6 is 0 Å². The molecular weight excluding hydrogens is 348 g/mol. The van der Waals surface area contributed by atoms with Crippen LogP contribution in [0.5, 0.6) is 5.75 Å². The Bertz CT molecular complexity index is 1220. The first-order chi connectivity index (χ1) is 13.0. The average Bonchev–Trinajstić information content (AvgIpc) is 3.08. The first-order valence-electron chi connectivity index (χ1n) is 8.27. The number of esters is 1. The molecule has 0 spiro atoms. The van der Waals surface area contributed by atoms with Gasteiger partial charge in [-0.3, -0.25) is 0 Å². The van der Waals surface area contributed by atoms with Crippen molar-refractivity contribution in [3.63, 3.8) is 0 Å². The Morgan fingerprint density at radius 2 is 2.07 bits per heavy atom. The first-order valence-corrected chi connectivity index (χ1v) is 8.27. The number of carbonyl (C=O) groups is 1. The lowest BCUT2D eigenvalue weighted by atomic mass is 10.1. The minimum atomic E-state index is -0.564. The fourth-order valence-corrected chi connectivity index (χ4v) is 2.86. The van der Waals surface area contributed by atoms with Gasteiger partial charge in [0.15, 0.2) is 5.69 Å². The molecular formula is C20H16N2O5. The third-order valence-corrected chi connectivity index (χ3v) is 4.22. The highest BCUT2D eigenvalue weighted by Gasteiger charge is 2.14. The number of fused-ring (bicyclic) bond motifs is 2. The van der Waals surface area contributed by atoms with Crippen LogP contribution in [0.15, 0.2) is 58.0 Å². The molecule has 27 heavy (non-hydrogen) atoms. The van der Waals surface area contributed by atoms with Gasteiger partial charge in [-0.2, -0.15) is 0 Å². The number of nitrogens with zero attached hydrogens (tertiary/aromatic N) is 2. The molecule has 1 aromatic carbocycles. The van der Waals surface area contributed by atoms with Crippen molar-refractivity contribution in [2.45, 2.75) is 13.5 Å². The van der Waals surface area contributed by atoms with Gasteiger partial charge in [0, 0.05) is 35.5 Å². The summed E-state index contributed by atoms with van der Waals surface area (Å²) in [5.41, 5.74) is 2.32. The second kappa shape index (κ2) is 6.60. The van der Waals surface area contributed by atoms with Crippen molar-refractivity contribution in [3.8, 4) is 5.75 Å². The number of ether oxygens (including phenoxy) is 2. The maximum absolute atomic E-state index is 12.4. The van der Waals surface area contributed by atoms with Crippen LogP contribution < -0.4 is 10.4 Å². The molecule has 0 saturated carbocycles. The number of aromatic nitrogens is 2. The van der Waals surface area contributed by atoms with Crippen LogP contribution in [-0.4, -0.2) is 22.5 Å². The molecule has 0 N–H and O–H groups in total. The van der Waals surface area contributed by atoms with Crippen LogP contribution in [0, 0.1) is 6.92 Å². The van der Waals surface area contributed by atoms with Gasteiger partial charge in [0.25, 0.3) is 0 Å². The van der Waals surface area contributed by atoms with Crippen LogP contribution in [0.4, 0.5) is 0 Å². The van der Waals surface area contributed by atoms with E-state index in [9.17, 15) is 9.59 Å². The van der Waals surface area contributed by atoms with Gasteiger partial charge < -0.3 is 18.3 Å². The van der Waals surface area contributed by atoms with E-state index in [1.54, 1.807) is 28.8 Å². The van der Waals surface area contributed by atoms with E-state index in [4.69, 9.17) is 13.9 Å². The van der Waals surface area contributed by atoms with Crippen molar-refractivity contribution in [2.24, 2.45) is 0 Å². The molecule has 0 atom stereocenters. The summed E-state index contributed by atoms with van der Waals surface area (Å²) in [6, 6.07) is 10.2. The lowest BCUT2D eigenvalue weighted by Crippen LogP contribution is -2.08. The van der Waals surface area contributed by atoms with Gasteiger partial charge in [-0.15, -0.1) is 0 Å². The van der Waals surface area contributed by atoms with Gasteiger partial charge in [-0.05, 0) is 36.8 Å². The largest absolute Gasteiger partial charge is 0.497 e. The third kappa shape index (κ3) is 3.27. The minimum absolute atomic E-state index is 0.0693. The van der Waals surface area contributed by atoms with Crippen LogP contribution in [0.3, 0.4) is 0 Å². The zero-order valence-corrected chi connectivity index (χ0v) is 14.8. The Hall–Kier alpha value is -3.61. The van der Waals surface area contributed by atoms with Crippen molar-refractivity contribution < 1.29 is 18.7 Å². The molecule has 0 amide bonds. The van der Waals surface area contributed by atoms with E-state index in [2.05, 4.69) is 4.98 Å². The molecule has 7 nitrogen and oxygen atoms in total. The highest BCUT2D eigenvalue weighted by Crippen LogP contribution is 2.23. The number of benzene rings is 1. The van der Waals surface area contributed by atoms with Crippen molar-refractivity contribution in [1.29, 1.82) is 0 Å². The maximum Gasteiger partial charge on any atom is 0.358 e. The van der Waals surface area contributed by atoms with Gasteiger partial charge in [-0.25, -0.2) is 14.6 Å². The lowest BCUT2D eigenvalue weighted by molar-refractivity contribution is 0.0467. The van der Waals surface area contributed by atoms with Crippen LogP contribution in [0.25, 0.3) is 16.6 Å². The van der Waals surface area contributed by atoms with E-state index in [0.717, 1.165) is 5.56 Å². The predicted molar refractivity (Wildman–Crippen MR) is 98.1 cm³/mol. The Morgan fingerprint density at radius 3 is 2.89 bits per heavy atom. The van der Waals surface area contributed by atoms with Gasteiger partial charge in [0.2, 0.25) is 0 Å². The molecule has 0 aliphatic heterocycles. The summed E-state index contributed by atoms with van der Waals surface area (Å²) in [5.74, 6) is 0.00560. The van der Waals surface area contributed by atoms with E-state index in [-0.39, 0.29) is 12.3 Å². The van der Waals surface area contributed by atoms with Gasteiger partial charge in [0.1, 0.15) is 23.6 Å². The van der Waals surface area contributed by atoms with E-state index >= 15 is 0 Å². The molecule has 0 fully saturated rings. The van der Waals surface area contributed by atoms with Gasteiger partial charge in [-0.1, -0.05) is 0 Å². The topological polar surface area (TPSA) is 83.0 Å². The van der Waals surface area contributed by atoms with E-state index in [0.29, 0.717) is 27.9 Å². The summed E-state index contributed by atoms with van der Waals surface area (Å²) in [4.78, 5) is 28.5. The number of aryl methyl sites for hydroxylation is 1. The Morgan fingerprint density at radius 1 is 1.22 bits per heavy atom. The standard InChI is InChI=1S/C20H16N2O5/c1-12-5-6-22-10-16(21-18(22)7-12)20(24)26-11-13-8-19(23)27-17-9-14(25-2)3-4-15(13)17/h3-10H,11H2,1-2H3. The molecule has 0 aliphatic rings.